The summed E-state index contributed by atoms with van der Waals surface area (Å²) in [6, 6.07) is 17.8. The molecule has 0 radical (unpaired) electrons. The lowest BCUT2D eigenvalue weighted by Crippen LogP contribution is -2.11. The van der Waals surface area contributed by atoms with Crippen LogP contribution in [0.5, 0.6) is 0 Å². The summed E-state index contributed by atoms with van der Waals surface area (Å²) in [6.07, 6.45) is 3.51. The molecule has 0 fully saturated rings. The molecule has 2 aromatic carbocycles. The number of aliphatic hydroxyl groups excluding tert-OH is 1. The third-order valence-electron chi connectivity index (χ3n) is 4.51. The van der Waals surface area contributed by atoms with Crippen LogP contribution in [-0.2, 0) is 4.79 Å². The molecular formula is C21H22O2. The summed E-state index contributed by atoms with van der Waals surface area (Å²) in [6.45, 7) is 2.12. The van der Waals surface area contributed by atoms with Gasteiger partial charge >= 0.3 is 0 Å². The molecular weight excluding hydrogens is 284 g/mol. The molecule has 2 nitrogen and oxygen atoms in total. The molecule has 1 aliphatic carbocycles. The minimum absolute atomic E-state index is 0.0704. The maximum Gasteiger partial charge on any atom is 0.163 e. The first-order valence-corrected chi connectivity index (χ1v) is 8.34. The number of allylic oxidation sites excluding steroid dienone is 1. The van der Waals surface area contributed by atoms with Crippen LogP contribution in [0.3, 0.4) is 0 Å². The van der Waals surface area contributed by atoms with E-state index in [4.69, 9.17) is 0 Å². The first kappa shape index (κ1) is 15.5. The molecule has 0 saturated carbocycles. The Bertz CT molecular complexity index is 729. The zero-order chi connectivity index (χ0) is 16.2. The molecule has 3 rings (SSSR count). The third-order valence-corrected chi connectivity index (χ3v) is 4.51. The highest BCUT2D eigenvalue weighted by Gasteiger charge is 2.35. The summed E-state index contributed by atoms with van der Waals surface area (Å²) in [4.78, 5) is 12.8. The molecule has 1 atom stereocenters. The van der Waals surface area contributed by atoms with Crippen molar-refractivity contribution < 1.29 is 9.90 Å². The van der Waals surface area contributed by atoms with Crippen molar-refractivity contribution in [1.29, 1.82) is 0 Å². The first-order chi connectivity index (χ1) is 11.2. The Morgan fingerprint density at radius 2 is 1.70 bits per heavy atom. The van der Waals surface area contributed by atoms with Crippen LogP contribution in [0.1, 0.15) is 55.2 Å². The number of unbranched alkanes of at least 4 members (excludes halogenated alkanes) is 2. The highest BCUT2D eigenvalue weighted by Crippen LogP contribution is 2.45. The minimum Gasteiger partial charge on any atom is -0.507 e. The Balaban J connectivity index is 2.01. The second-order valence-corrected chi connectivity index (χ2v) is 6.07. The molecule has 0 aromatic heterocycles. The molecule has 0 amide bonds. The van der Waals surface area contributed by atoms with Crippen LogP contribution in [0.15, 0.2) is 60.2 Å². The van der Waals surface area contributed by atoms with Crippen LogP contribution in [0.4, 0.5) is 0 Å². The van der Waals surface area contributed by atoms with E-state index in [1.807, 2.05) is 54.6 Å². The summed E-state index contributed by atoms with van der Waals surface area (Å²) < 4.78 is 0. The van der Waals surface area contributed by atoms with Crippen LogP contribution >= 0.6 is 0 Å². The fourth-order valence-electron chi connectivity index (χ4n) is 3.36. The zero-order valence-corrected chi connectivity index (χ0v) is 13.5. The van der Waals surface area contributed by atoms with Gasteiger partial charge in [-0.1, -0.05) is 74.4 Å². The molecule has 23 heavy (non-hydrogen) atoms. The number of hydrogen-bond acceptors (Lipinski definition) is 2. The highest BCUT2D eigenvalue weighted by molar-refractivity contribution is 6.06. The Morgan fingerprint density at radius 1 is 1.00 bits per heavy atom. The molecule has 0 saturated heterocycles. The van der Waals surface area contributed by atoms with E-state index < -0.39 is 0 Å². The molecule has 2 aromatic rings. The van der Waals surface area contributed by atoms with Crippen LogP contribution in [0.25, 0.3) is 5.76 Å². The first-order valence-electron chi connectivity index (χ1n) is 8.34. The van der Waals surface area contributed by atoms with Crippen molar-refractivity contribution in [3.63, 3.8) is 0 Å². The fourth-order valence-corrected chi connectivity index (χ4v) is 3.36. The predicted molar refractivity (Wildman–Crippen MR) is 93.4 cm³/mol. The van der Waals surface area contributed by atoms with Gasteiger partial charge in [-0.25, -0.2) is 0 Å². The quantitative estimate of drug-likeness (QED) is 0.740. The zero-order valence-electron chi connectivity index (χ0n) is 13.5. The van der Waals surface area contributed by atoms with Crippen LogP contribution in [-0.4, -0.2) is 10.9 Å². The number of Topliss-reactive ketones (excluding diaryl/α,β-unsaturated/α-hetero) is 1. The smallest absolute Gasteiger partial charge is 0.163 e. The lowest BCUT2D eigenvalue weighted by atomic mass is 9.85. The fraction of sp³-hybridized carbons (Fsp3) is 0.286. The average molecular weight is 306 g/mol. The SMILES string of the molecule is CCCCCC(=O)C1=C(O)c2ccccc2[C@@H]1c1ccccc1. The number of benzene rings is 2. The average Bonchev–Trinajstić information content (AvgIpc) is 2.89. The summed E-state index contributed by atoms with van der Waals surface area (Å²) in [5.41, 5.74) is 3.44. The number of fused-ring (bicyclic) bond motifs is 1. The maximum atomic E-state index is 12.8. The van der Waals surface area contributed by atoms with E-state index in [2.05, 4.69) is 6.92 Å². The van der Waals surface area contributed by atoms with Gasteiger partial charge in [0.25, 0.3) is 0 Å². The van der Waals surface area contributed by atoms with E-state index in [1.54, 1.807) is 0 Å². The van der Waals surface area contributed by atoms with Crippen molar-refractivity contribution in [2.24, 2.45) is 0 Å². The predicted octanol–water partition coefficient (Wildman–Crippen LogP) is 5.25. The number of carbonyl (C=O) groups excluding carboxylic acids is 1. The molecule has 0 bridgehead atoms. The van der Waals surface area contributed by atoms with Gasteiger partial charge in [0.1, 0.15) is 5.76 Å². The number of aliphatic hydroxyl groups is 1. The van der Waals surface area contributed by atoms with Gasteiger partial charge in [0.05, 0.1) is 0 Å². The molecule has 0 aliphatic heterocycles. The van der Waals surface area contributed by atoms with Crippen LogP contribution < -0.4 is 0 Å². The van der Waals surface area contributed by atoms with Gasteiger partial charge < -0.3 is 5.11 Å². The Kier molecular flexibility index (Phi) is 4.61. The summed E-state index contributed by atoms with van der Waals surface area (Å²) in [7, 11) is 0. The second-order valence-electron chi connectivity index (χ2n) is 6.07. The van der Waals surface area contributed by atoms with Crippen molar-refractivity contribution in [3.05, 3.63) is 76.9 Å². The van der Waals surface area contributed by atoms with E-state index >= 15 is 0 Å². The lowest BCUT2D eigenvalue weighted by Gasteiger charge is -2.16. The second kappa shape index (κ2) is 6.82. The van der Waals surface area contributed by atoms with Crippen LogP contribution in [0, 0.1) is 0 Å². The maximum absolute atomic E-state index is 12.8. The van der Waals surface area contributed by atoms with Gasteiger partial charge in [0.2, 0.25) is 0 Å². The van der Waals surface area contributed by atoms with Gasteiger partial charge in [0.15, 0.2) is 5.78 Å². The molecule has 1 aliphatic rings. The summed E-state index contributed by atoms with van der Waals surface area (Å²) >= 11 is 0. The van der Waals surface area contributed by atoms with Gasteiger partial charge in [-0.05, 0) is 17.5 Å². The standard InChI is InChI=1S/C21H22O2/c1-2-3-5-14-18(22)20-19(15-10-6-4-7-11-15)16-12-8-9-13-17(16)21(20)23/h4,6-13,19,23H,2-3,5,14H2,1H3/t19-/m0/s1. The van der Waals surface area contributed by atoms with Gasteiger partial charge in [0, 0.05) is 23.5 Å². The van der Waals surface area contributed by atoms with Crippen molar-refractivity contribution in [2.45, 2.75) is 38.5 Å². The minimum atomic E-state index is -0.151. The molecule has 0 heterocycles. The molecule has 0 spiro atoms. The Hall–Kier alpha value is -2.35. The van der Waals surface area contributed by atoms with Gasteiger partial charge in [-0.3, -0.25) is 4.79 Å². The number of ketones is 1. The van der Waals surface area contributed by atoms with E-state index in [1.165, 1.54) is 0 Å². The van der Waals surface area contributed by atoms with E-state index in [0.717, 1.165) is 36.0 Å². The number of hydrogen-bond donors (Lipinski definition) is 1. The molecule has 2 heteroatoms. The topological polar surface area (TPSA) is 37.3 Å². The number of carbonyl (C=O) groups is 1. The van der Waals surface area contributed by atoms with Crippen molar-refractivity contribution >= 4 is 11.5 Å². The van der Waals surface area contributed by atoms with E-state index in [-0.39, 0.29) is 17.5 Å². The van der Waals surface area contributed by atoms with Crippen molar-refractivity contribution in [3.8, 4) is 0 Å². The van der Waals surface area contributed by atoms with Crippen molar-refractivity contribution in [2.75, 3.05) is 0 Å². The lowest BCUT2D eigenvalue weighted by molar-refractivity contribution is -0.115. The van der Waals surface area contributed by atoms with E-state index in [0.29, 0.717) is 12.0 Å². The summed E-state index contributed by atoms with van der Waals surface area (Å²) in [5, 5.41) is 10.7. The third kappa shape index (κ3) is 2.94. The highest BCUT2D eigenvalue weighted by atomic mass is 16.3. The van der Waals surface area contributed by atoms with Gasteiger partial charge in [-0.15, -0.1) is 0 Å². The monoisotopic (exact) mass is 306 g/mol. The molecule has 118 valence electrons. The normalized spacial score (nSPS) is 16.5. The van der Waals surface area contributed by atoms with Gasteiger partial charge in [-0.2, -0.15) is 0 Å². The Morgan fingerprint density at radius 3 is 2.43 bits per heavy atom. The van der Waals surface area contributed by atoms with E-state index in [9.17, 15) is 9.90 Å². The van der Waals surface area contributed by atoms with Crippen LogP contribution in [0.2, 0.25) is 0 Å². The number of rotatable bonds is 6. The largest absolute Gasteiger partial charge is 0.507 e. The Labute approximate surface area is 137 Å². The summed E-state index contributed by atoms with van der Waals surface area (Å²) in [5.74, 6) is 0.0819. The molecule has 1 N–H and O–H groups in total. The van der Waals surface area contributed by atoms with Crippen molar-refractivity contribution in [1.82, 2.24) is 0 Å². The molecule has 0 unspecified atom stereocenters.